The zero-order valence-corrected chi connectivity index (χ0v) is 11.0. The lowest BCUT2D eigenvalue weighted by molar-refractivity contribution is 0.684. The zero-order chi connectivity index (χ0) is 12.4. The summed E-state index contributed by atoms with van der Waals surface area (Å²) in [5.41, 5.74) is 5.15. The Balaban J connectivity index is 1.79. The van der Waals surface area contributed by atoms with Crippen LogP contribution in [0.3, 0.4) is 0 Å². The highest BCUT2D eigenvalue weighted by molar-refractivity contribution is 6.31. The van der Waals surface area contributed by atoms with Crippen LogP contribution >= 0.6 is 11.6 Å². The minimum atomic E-state index is 0.884. The van der Waals surface area contributed by atoms with Crippen LogP contribution in [0.25, 0.3) is 0 Å². The Morgan fingerprint density at radius 1 is 1.11 bits per heavy atom. The first kappa shape index (κ1) is 11.7. The molecular formula is C14H16ClN3. The van der Waals surface area contributed by atoms with Crippen LogP contribution in [0.15, 0.2) is 18.3 Å². The number of hydrogen-bond acceptors (Lipinski definition) is 2. The lowest BCUT2D eigenvalue weighted by Gasteiger charge is -2.17. The van der Waals surface area contributed by atoms with E-state index < -0.39 is 0 Å². The van der Waals surface area contributed by atoms with E-state index in [0.29, 0.717) is 0 Å². The van der Waals surface area contributed by atoms with Crippen molar-refractivity contribution in [2.45, 2.75) is 38.5 Å². The Hall–Kier alpha value is -1.35. The summed E-state index contributed by atoms with van der Waals surface area (Å²) < 4.78 is 0. The summed E-state index contributed by atoms with van der Waals surface area (Å²) in [6, 6.07) is 4.45. The Bertz CT molecular complexity index is 534. The van der Waals surface area contributed by atoms with Gasteiger partial charge in [-0.25, -0.2) is 0 Å². The molecule has 1 aliphatic carbocycles. The van der Waals surface area contributed by atoms with Crippen molar-refractivity contribution in [2.75, 3.05) is 0 Å². The average Bonchev–Trinajstić information content (AvgIpc) is 2.89. The van der Waals surface area contributed by atoms with Gasteiger partial charge in [0.15, 0.2) is 0 Å². The number of H-pyrrole nitrogens is 1. The summed E-state index contributed by atoms with van der Waals surface area (Å²) in [5, 5.41) is 11.4. The summed E-state index contributed by atoms with van der Waals surface area (Å²) in [4.78, 5) is 0. The molecule has 3 rings (SSSR count). The van der Waals surface area contributed by atoms with E-state index in [4.69, 9.17) is 11.6 Å². The van der Waals surface area contributed by atoms with Crippen molar-refractivity contribution in [1.82, 2.24) is 15.4 Å². The molecule has 1 heterocycles. The highest BCUT2D eigenvalue weighted by Gasteiger charge is 2.12. The van der Waals surface area contributed by atoms with Gasteiger partial charge in [-0.1, -0.05) is 17.7 Å². The molecule has 0 aliphatic heterocycles. The molecule has 0 amide bonds. The molecule has 3 nitrogen and oxygen atoms in total. The number of nitrogens with one attached hydrogen (secondary N) is 1. The second-order valence-corrected chi connectivity index (χ2v) is 5.29. The third-order valence-corrected chi connectivity index (χ3v) is 3.98. The van der Waals surface area contributed by atoms with Gasteiger partial charge in [0.2, 0.25) is 0 Å². The Morgan fingerprint density at radius 2 is 1.89 bits per heavy atom. The predicted octanol–water partition coefficient (Wildman–Crippen LogP) is 3.12. The van der Waals surface area contributed by atoms with E-state index in [0.717, 1.165) is 23.6 Å². The quantitative estimate of drug-likeness (QED) is 0.922. The van der Waals surface area contributed by atoms with Gasteiger partial charge in [-0.15, -0.1) is 0 Å². The standard InChI is InChI=1S/C14H16ClN3/c15-14-8-11-4-2-1-3-10(11)7-12(14)5-6-13-9-16-18-17-13/h7-9H,1-6H2,(H,16,17,18). The predicted molar refractivity (Wildman–Crippen MR) is 71.9 cm³/mol. The van der Waals surface area contributed by atoms with E-state index in [9.17, 15) is 0 Å². The molecular weight excluding hydrogens is 246 g/mol. The molecule has 1 aromatic carbocycles. The molecule has 0 atom stereocenters. The summed E-state index contributed by atoms with van der Waals surface area (Å²) >= 11 is 6.36. The number of halogens is 1. The van der Waals surface area contributed by atoms with Gasteiger partial charge >= 0.3 is 0 Å². The first-order valence-electron chi connectivity index (χ1n) is 6.48. The fraction of sp³-hybridized carbons (Fsp3) is 0.429. The maximum atomic E-state index is 6.36. The van der Waals surface area contributed by atoms with Crippen LogP contribution in [-0.4, -0.2) is 15.4 Å². The molecule has 0 spiro atoms. The number of aromatic amines is 1. The lowest BCUT2D eigenvalue weighted by Crippen LogP contribution is -2.04. The molecule has 2 aromatic rings. The number of aromatic nitrogens is 3. The topological polar surface area (TPSA) is 41.6 Å². The van der Waals surface area contributed by atoms with Crippen molar-refractivity contribution in [3.05, 3.63) is 45.7 Å². The molecule has 0 saturated carbocycles. The van der Waals surface area contributed by atoms with Crippen LogP contribution in [0.1, 0.15) is 35.2 Å². The van der Waals surface area contributed by atoms with Crippen LogP contribution in [0.2, 0.25) is 5.02 Å². The van der Waals surface area contributed by atoms with Gasteiger partial charge in [0.05, 0.1) is 11.9 Å². The van der Waals surface area contributed by atoms with Crippen LogP contribution in [0.4, 0.5) is 0 Å². The summed E-state index contributed by atoms with van der Waals surface area (Å²) in [6.07, 6.45) is 8.56. The number of nitrogens with zero attached hydrogens (tertiary/aromatic N) is 2. The van der Waals surface area contributed by atoms with Crippen molar-refractivity contribution in [2.24, 2.45) is 0 Å². The van der Waals surface area contributed by atoms with Crippen LogP contribution in [-0.2, 0) is 25.7 Å². The summed E-state index contributed by atoms with van der Waals surface area (Å²) in [7, 11) is 0. The third-order valence-electron chi connectivity index (χ3n) is 3.63. The minimum absolute atomic E-state index is 0.884. The van der Waals surface area contributed by atoms with Crippen LogP contribution in [0.5, 0.6) is 0 Å². The SMILES string of the molecule is Clc1cc2c(cc1CCc1cn[nH]n1)CCCC2. The summed E-state index contributed by atoms with van der Waals surface area (Å²) in [6.45, 7) is 0. The monoisotopic (exact) mass is 261 g/mol. The molecule has 18 heavy (non-hydrogen) atoms. The Morgan fingerprint density at radius 3 is 2.61 bits per heavy atom. The van der Waals surface area contributed by atoms with Gasteiger partial charge in [-0.3, -0.25) is 0 Å². The molecule has 0 fully saturated rings. The van der Waals surface area contributed by atoms with Crippen molar-refractivity contribution in [3.63, 3.8) is 0 Å². The van der Waals surface area contributed by atoms with Gasteiger partial charge in [0, 0.05) is 5.02 Å². The summed E-state index contributed by atoms with van der Waals surface area (Å²) in [5.74, 6) is 0. The number of fused-ring (bicyclic) bond motifs is 1. The largest absolute Gasteiger partial charge is 0.198 e. The Labute approximate surface area is 112 Å². The maximum absolute atomic E-state index is 6.36. The minimum Gasteiger partial charge on any atom is -0.198 e. The van der Waals surface area contributed by atoms with Gasteiger partial charge in [0.1, 0.15) is 0 Å². The molecule has 0 radical (unpaired) electrons. The molecule has 1 aliphatic rings. The van der Waals surface area contributed by atoms with Gasteiger partial charge < -0.3 is 0 Å². The molecule has 4 heteroatoms. The highest BCUT2D eigenvalue weighted by atomic mass is 35.5. The molecule has 0 saturated heterocycles. The fourth-order valence-electron chi connectivity index (χ4n) is 2.61. The van der Waals surface area contributed by atoms with Gasteiger partial charge in [-0.05, 0) is 61.3 Å². The van der Waals surface area contributed by atoms with E-state index in [1.807, 2.05) is 0 Å². The number of rotatable bonds is 3. The molecule has 1 aromatic heterocycles. The first-order valence-corrected chi connectivity index (χ1v) is 6.85. The second kappa shape index (κ2) is 5.11. The number of hydrogen-bond donors (Lipinski definition) is 1. The molecule has 0 unspecified atom stereocenters. The molecule has 1 N–H and O–H groups in total. The fourth-order valence-corrected chi connectivity index (χ4v) is 2.89. The van der Waals surface area contributed by atoms with Crippen LogP contribution < -0.4 is 0 Å². The van der Waals surface area contributed by atoms with Crippen molar-refractivity contribution >= 4 is 11.6 Å². The van der Waals surface area contributed by atoms with Crippen molar-refractivity contribution in [1.29, 1.82) is 0 Å². The van der Waals surface area contributed by atoms with E-state index in [1.165, 1.54) is 42.4 Å². The van der Waals surface area contributed by atoms with E-state index >= 15 is 0 Å². The third kappa shape index (κ3) is 2.41. The van der Waals surface area contributed by atoms with Crippen molar-refractivity contribution < 1.29 is 0 Å². The van der Waals surface area contributed by atoms with Gasteiger partial charge in [-0.2, -0.15) is 15.4 Å². The molecule has 0 bridgehead atoms. The highest BCUT2D eigenvalue weighted by Crippen LogP contribution is 2.28. The average molecular weight is 262 g/mol. The lowest BCUT2D eigenvalue weighted by atomic mass is 9.89. The van der Waals surface area contributed by atoms with E-state index in [1.54, 1.807) is 6.20 Å². The van der Waals surface area contributed by atoms with Crippen LogP contribution in [0, 0.1) is 0 Å². The van der Waals surface area contributed by atoms with Gasteiger partial charge in [0.25, 0.3) is 0 Å². The molecule has 94 valence electrons. The van der Waals surface area contributed by atoms with E-state index in [-0.39, 0.29) is 0 Å². The van der Waals surface area contributed by atoms with E-state index in [2.05, 4.69) is 27.5 Å². The normalized spacial score (nSPS) is 14.5. The Kier molecular flexibility index (Phi) is 3.33. The maximum Gasteiger partial charge on any atom is 0.0828 e. The second-order valence-electron chi connectivity index (χ2n) is 4.88. The number of aryl methyl sites for hydroxylation is 4. The number of benzene rings is 1. The zero-order valence-electron chi connectivity index (χ0n) is 10.2. The van der Waals surface area contributed by atoms with Crippen molar-refractivity contribution in [3.8, 4) is 0 Å². The first-order chi connectivity index (χ1) is 8.83. The smallest absolute Gasteiger partial charge is 0.0828 e.